The van der Waals surface area contributed by atoms with Crippen molar-refractivity contribution in [1.29, 1.82) is 0 Å². The Kier molecular flexibility index (Phi) is 4.66. The Morgan fingerprint density at radius 2 is 2.00 bits per heavy atom. The Morgan fingerprint density at radius 3 is 2.62 bits per heavy atom. The molecule has 0 radical (unpaired) electrons. The van der Waals surface area contributed by atoms with Crippen molar-refractivity contribution in [3.63, 3.8) is 0 Å². The van der Waals surface area contributed by atoms with E-state index in [1.54, 1.807) is 0 Å². The van der Waals surface area contributed by atoms with E-state index in [1.807, 2.05) is 0 Å². The number of hydrogen-bond donors (Lipinski definition) is 3. The van der Waals surface area contributed by atoms with Crippen LogP contribution in [0.25, 0.3) is 0 Å². The number of benzene rings is 1. The Bertz CT molecular complexity index is 640. The van der Waals surface area contributed by atoms with Crippen molar-refractivity contribution in [2.75, 3.05) is 4.72 Å². The zero-order valence-electron chi connectivity index (χ0n) is 11.4. The zero-order valence-corrected chi connectivity index (χ0v) is 12.2. The third kappa shape index (κ3) is 3.63. The van der Waals surface area contributed by atoms with Crippen molar-refractivity contribution in [1.82, 2.24) is 0 Å². The van der Waals surface area contributed by atoms with E-state index in [1.165, 1.54) is 6.07 Å². The summed E-state index contributed by atoms with van der Waals surface area (Å²) in [6.45, 7) is 0. The molecule has 1 aromatic rings. The molecule has 1 aromatic carbocycles. The van der Waals surface area contributed by atoms with E-state index in [9.17, 15) is 12.8 Å². The van der Waals surface area contributed by atoms with E-state index in [4.69, 9.17) is 10.9 Å². The number of nitrogens with two attached hydrogens (primary N) is 1. The summed E-state index contributed by atoms with van der Waals surface area (Å²) in [6.07, 6.45) is 4.01. The molecule has 1 aliphatic carbocycles. The van der Waals surface area contributed by atoms with Gasteiger partial charge in [0, 0.05) is 5.56 Å². The van der Waals surface area contributed by atoms with E-state index in [0.717, 1.165) is 31.4 Å². The van der Waals surface area contributed by atoms with E-state index >= 15 is 0 Å². The van der Waals surface area contributed by atoms with Gasteiger partial charge in [-0.15, -0.1) is 0 Å². The summed E-state index contributed by atoms with van der Waals surface area (Å²) in [6, 6.07) is 3.41. The molecule has 0 aromatic heterocycles. The number of anilines is 1. The minimum atomic E-state index is -3.58. The highest BCUT2D eigenvalue weighted by molar-refractivity contribution is 7.93. The van der Waals surface area contributed by atoms with Crippen molar-refractivity contribution in [2.45, 2.75) is 37.4 Å². The lowest BCUT2D eigenvalue weighted by Gasteiger charge is -2.23. The summed E-state index contributed by atoms with van der Waals surface area (Å²) >= 11 is 0. The highest BCUT2D eigenvalue weighted by Crippen LogP contribution is 2.26. The minimum absolute atomic E-state index is 0.0110. The number of halogens is 1. The number of sulfonamides is 1. The van der Waals surface area contributed by atoms with Crippen LogP contribution in [0.15, 0.2) is 23.4 Å². The lowest BCUT2D eigenvalue weighted by Crippen LogP contribution is -2.30. The van der Waals surface area contributed by atoms with Gasteiger partial charge in [0.2, 0.25) is 10.0 Å². The smallest absolute Gasteiger partial charge is 0.235 e. The summed E-state index contributed by atoms with van der Waals surface area (Å²) < 4.78 is 40.4. The van der Waals surface area contributed by atoms with Gasteiger partial charge in [-0.2, -0.15) is 0 Å². The quantitative estimate of drug-likeness (QED) is 0.342. The molecule has 6 nitrogen and oxygen atoms in total. The fourth-order valence-corrected chi connectivity index (χ4v) is 4.09. The summed E-state index contributed by atoms with van der Waals surface area (Å²) in [4.78, 5) is 0. The van der Waals surface area contributed by atoms with Crippen LogP contribution in [-0.4, -0.2) is 24.7 Å². The van der Waals surface area contributed by atoms with Gasteiger partial charge < -0.3 is 10.9 Å². The number of oxime groups is 1. The summed E-state index contributed by atoms with van der Waals surface area (Å²) in [5.74, 6) is -0.951. The van der Waals surface area contributed by atoms with Gasteiger partial charge >= 0.3 is 0 Å². The molecule has 0 unspecified atom stereocenters. The van der Waals surface area contributed by atoms with Gasteiger partial charge in [-0.3, -0.25) is 4.72 Å². The maximum Gasteiger partial charge on any atom is 0.235 e. The second-order valence-corrected chi connectivity index (χ2v) is 7.04. The maximum absolute atomic E-state index is 13.3. The molecule has 1 fully saturated rings. The topological polar surface area (TPSA) is 105 Å². The molecule has 8 heteroatoms. The van der Waals surface area contributed by atoms with Gasteiger partial charge in [0.1, 0.15) is 5.82 Å². The van der Waals surface area contributed by atoms with Gasteiger partial charge in [-0.25, -0.2) is 12.8 Å². The highest BCUT2D eigenvalue weighted by atomic mass is 32.2. The van der Waals surface area contributed by atoms with Crippen LogP contribution in [0.1, 0.15) is 37.7 Å². The Balaban J connectivity index is 2.30. The van der Waals surface area contributed by atoms with E-state index < -0.39 is 21.1 Å². The van der Waals surface area contributed by atoms with Gasteiger partial charge in [-0.1, -0.05) is 24.4 Å². The number of nitrogens with one attached hydrogen (secondary N) is 1. The predicted octanol–water partition coefficient (Wildman–Crippen LogP) is 1.99. The molecule has 0 heterocycles. The first-order valence-corrected chi connectivity index (χ1v) is 8.28. The Hall–Kier alpha value is -1.83. The van der Waals surface area contributed by atoms with Crippen molar-refractivity contribution >= 4 is 21.5 Å². The van der Waals surface area contributed by atoms with Crippen LogP contribution in [-0.2, 0) is 10.0 Å². The molecule has 0 atom stereocenters. The molecule has 0 saturated heterocycles. The second kappa shape index (κ2) is 6.30. The van der Waals surface area contributed by atoms with Crippen LogP contribution in [0, 0.1) is 5.82 Å². The molecule has 1 saturated carbocycles. The first-order valence-electron chi connectivity index (χ1n) is 6.73. The Morgan fingerprint density at radius 1 is 1.33 bits per heavy atom. The van der Waals surface area contributed by atoms with Crippen LogP contribution in [0.5, 0.6) is 0 Å². The fourth-order valence-electron chi connectivity index (χ4n) is 2.48. The second-order valence-electron chi connectivity index (χ2n) is 5.08. The SMILES string of the molecule is N/C(=N/O)c1cc(F)ccc1NS(=O)(=O)C1CCCCC1. The van der Waals surface area contributed by atoms with Crippen LogP contribution in [0.2, 0.25) is 0 Å². The van der Waals surface area contributed by atoms with Gasteiger partial charge in [0.25, 0.3) is 0 Å². The minimum Gasteiger partial charge on any atom is -0.409 e. The molecule has 0 bridgehead atoms. The summed E-state index contributed by atoms with van der Waals surface area (Å²) in [5.41, 5.74) is 5.58. The number of hydrogen-bond acceptors (Lipinski definition) is 4. The van der Waals surface area contributed by atoms with Crippen LogP contribution >= 0.6 is 0 Å². The van der Waals surface area contributed by atoms with Crippen molar-refractivity contribution in [2.24, 2.45) is 10.9 Å². The lowest BCUT2D eigenvalue weighted by molar-refractivity contribution is 0.318. The van der Waals surface area contributed by atoms with Gasteiger partial charge in [-0.05, 0) is 31.0 Å². The van der Waals surface area contributed by atoms with Crippen molar-refractivity contribution < 1.29 is 18.0 Å². The van der Waals surface area contributed by atoms with Crippen LogP contribution in [0.3, 0.4) is 0 Å². The lowest BCUT2D eigenvalue weighted by atomic mass is 10.0. The molecule has 116 valence electrons. The zero-order chi connectivity index (χ0) is 15.5. The van der Waals surface area contributed by atoms with Crippen LogP contribution < -0.4 is 10.5 Å². The first-order chi connectivity index (χ1) is 9.94. The molecular weight excluding hydrogens is 297 g/mol. The average Bonchev–Trinajstić information content (AvgIpc) is 2.49. The standard InChI is InChI=1S/C13H18FN3O3S/c14-9-6-7-12(11(8-9)13(15)16-18)17-21(19,20)10-4-2-1-3-5-10/h6-8,10,17-18H,1-5H2,(H2,15,16). The third-order valence-corrected chi connectivity index (χ3v) is 5.46. The van der Waals surface area contributed by atoms with Crippen molar-refractivity contribution in [3.05, 3.63) is 29.6 Å². The molecule has 0 spiro atoms. The number of rotatable bonds is 4. The Labute approximate surface area is 122 Å². The molecule has 0 aliphatic heterocycles. The number of nitrogens with zero attached hydrogens (tertiary/aromatic N) is 1. The normalized spacial score (nSPS) is 17.7. The van der Waals surface area contributed by atoms with E-state index in [-0.39, 0.29) is 17.1 Å². The van der Waals surface area contributed by atoms with Gasteiger partial charge in [0.15, 0.2) is 5.84 Å². The molecule has 2 rings (SSSR count). The van der Waals surface area contributed by atoms with E-state index in [2.05, 4.69) is 9.88 Å². The fraction of sp³-hybridized carbons (Fsp3) is 0.462. The molecule has 0 amide bonds. The molecular formula is C13H18FN3O3S. The monoisotopic (exact) mass is 315 g/mol. The molecule has 4 N–H and O–H groups in total. The average molecular weight is 315 g/mol. The summed E-state index contributed by atoms with van der Waals surface area (Å²) in [7, 11) is -3.58. The third-order valence-electron chi connectivity index (χ3n) is 3.61. The largest absolute Gasteiger partial charge is 0.409 e. The van der Waals surface area contributed by atoms with Crippen LogP contribution in [0.4, 0.5) is 10.1 Å². The molecule has 1 aliphatic rings. The van der Waals surface area contributed by atoms with Crippen molar-refractivity contribution in [3.8, 4) is 0 Å². The van der Waals surface area contributed by atoms with E-state index in [0.29, 0.717) is 12.8 Å². The maximum atomic E-state index is 13.3. The predicted molar refractivity (Wildman–Crippen MR) is 78.3 cm³/mol. The highest BCUT2D eigenvalue weighted by Gasteiger charge is 2.28. The molecule has 21 heavy (non-hydrogen) atoms. The first kappa shape index (κ1) is 15.6. The number of amidine groups is 1. The van der Waals surface area contributed by atoms with Gasteiger partial charge in [0.05, 0.1) is 10.9 Å². The summed E-state index contributed by atoms with van der Waals surface area (Å²) in [5, 5.41) is 11.0.